The molecule has 0 aliphatic carbocycles. The van der Waals surface area contributed by atoms with E-state index in [1.165, 1.54) is 16.7 Å². The largest absolute Gasteiger partial charge is 0.496 e. The van der Waals surface area contributed by atoms with Crippen LogP contribution in [0.25, 0.3) is 0 Å². The summed E-state index contributed by atoms with van der Waals surface area (Å²) in [7, 11) is 1.73. The first kappa shape index (κ1) is 13.4. The fourth-order valence-electron chi connectivity index (χ4n) is 3.10. The second-order valence-corrected chi connectivity index (χ2v) is 5.61. The van der Waals surface area contributed by atoms with Gasteiger partial charge in [0.15, 0.2) is 0 Å². The minimum absolute atomic E-state index is 0.0390. The molecule has 0 bridgehead atoms. The minimum Gasteiger partial charge on any atom is -0.496 e. The maximum absolute atomic E-state index is 6.00. The number of methoxy groups -OCH3 is 1. The highest BCUT2D eigenvalue weighted by Gasteiger charge is 2.43. The predicted octanol–water partition coefficient (Wildman–Crippen LogP) is 2.32. The van der Waals surface area contributed by atoms with Crippen molar-refractivity contribution in [3.8, 4) is 5.75 Å². The smallest absolute Gasteiger partial charge is 0.123 e. The summed E-state index contributed by atoms with van der Waals surface area (Å²) in [6.07, 6.45) is 0.938. The van der Waals surface area contributed by atoms with Crippen LogP contribution in [0.3, 0.4) is 0 Å². The Morgan fingerprint density at radius 1 is 1.39 bits per heavy atom. The summed E-state index contributed by atoms with van der Waals surface area (Å²) in [5, 5.41) is 0. The molecule has 18 heavy (non-hydrogen) atoms. The number of ether oxygens (including phenoxy) is 2. The fraction of sp³-hybridized carbons (Fsp3) is 0.600. The van der Waals surface area contributed by atoms with Gasteiger partial charge in [-0.1, -0.05) is 6.07 Å². The van der Waals surface area contributed by atoms with Crippen molar-refractivity contribution in [3.63, 3.8) is 0 Å². The first-order valence-corrected chi connectivity index (χ1v) is 6.47. The van der Waals surface area contributed by atoms with E-state index in [9.17, 15) is 0 Å². The highest BCUT2D eigenvalue weighted by Crippen LogP contribution is 2.43. The normalized spacial score (nSPS) is 19.2. The molecule has 3 nitrogen and oxygen atoms in total. The van der Waals surface area contributed by atoms with Crippen molar-refractivity contribution < 1.29 is 9.47 Å². The summed E-state index contributed by atoms with van der Waals surface area (Å²) in [6, 6.07) is 4.47. The molecule has 1 aromatic rings. The van der Waals surface area contributed by atoms with Gasteiger partial charge in [-0.25, -0.2) is 0 Å². The topological polar surface area (TPSA) is 44.5 Å². The summed E-state index contributed by atoms with van der Waals surface area (Å²) in [6.45, 7) is 7.78. The third-order valence-corrected chi connectivity index (χ3v) is 3.66. The second kappa shape index (κ2) is 4.90. The first-order chi connectivity index (χ1) is 8.48. The molecule has 1 atom stereocenters. The number of hydrogen-bond acceptors (Lipinski definition) is 3. The Labute approximate surface area is 109 Å². The Bertz CT molecular complexity index is 436. The van der Waals surface area contributed by atoms with Crippen LogP contribution in [0.2, 0.25) is 0 Å². The van der Waals surface area contributed by atoms with E-state index in [0.29, 0.717) is 0 Å². The number of benzene rings is 1. The summed E-state index contributed by atoms with van der Waals surface area (Å²) in [5.74, 6) is 0.969. The quantitative estimate of drug-likeness (QED) is 0.890. The van der Waals surface area contributed by atoms with Crippen molar-refractivity contribution in [3.05, 3.63) is 28.8 Å². The number of nitrogens with two attached hydrogens (primary N) is 1. The van der Waals surface area contributed by atoms with E-state index in [1.807, 2.05) is 0 Å². The highest BCUT2D eigenvalue weighted by molar-refractivity contribution is 5.49. The molecule has 0 radical (unpaired) electrons. The minimum atomic E-state index is 0.0390. The van der Waals surface area contributed by atoms with Crippen molar-refractivity contribution in [1.82, 2.24) is 0 Å². The summed E-state index contributed by atoms with van der Waals surface area (Å²) >= 11 is 0. The molecule has 0 spiro atoms. The Morgan fingerprint density at radius 2 is 2.06 bits per heavy atom. The third-order valence-electron chi connectivity index (χ3n) is 3.66. The van der Waals surface area contributed by atoms with Crippen LogP contribution in [0.1, 0.15) is 30.0 Å². The lowest BCUT2D eigenvalue weighted by atomic mass is 9.72. The maximum Gasteiger partial charge on any atom is 0.123 e. The molecule has 0 aromatic heterocycles. The van der Waals surface area contributed by atoms with Gasteiger partial charge in [0, 0.05) is 17.0 Å². The lowest BCUT2D eigenvalue weighted by molar-refractivity contribution is -0.0677. The van der Waals surface area contributed by atoms with E-state index in [-0.39, 0.29) is 11.5 Å². The molecule has 2 rings (SSSR count). The van der Waals surface area contributed by atoms with Crippen LogP contribution in [0.15, 0.2) is 12.1 Å². The van der Waals surface area contributed by atoms with E-state index in [2.05, 4.69) is 32.9 Å². The molecule has 100 valence electrons. The summed E-state index contributed by atoms with van der Waals surface area (Å²) < 4.78 is 11.0. The number of hydrogen-bond donors (Lipinski definition) is 1. The van der Waals surface area contributed by atoms with Gasteiger partial charge in [0.05, 0.1) is 20.3 Å². The highest BCUT2D eigenvalue weighted by atomic mass is 16.5. The monoisotopic (exact) mass is 249 g/mol. The summed E-state index contributed by atoms with van der Waals surface area (Å²) in [4.78, 5) is 0. The van der Waals surface area contributed by atoms with Crippen LogP contribution >= 0.6 is 0 Å². The Balaban J connectivity index is 2.48. The van der Waals surface area contributed by atoms with E-state index in [1.54, 1.807) is 7.11 Å². The van der Waals surface area contributed by atoms with Gasteiger partial charge in [-0.15, -0.1) is 0 Å². The molecule has 0 amide bonds. The van der Waals surface area contributed by atoms with E-state index in [4.69, 9.17) is 15.2 Å². The molecule has 1 aliphatic heterocycles. The van der Waals surface area contributed by atoms with Crippen molar-refractivity contribution in [2.24, 2.45) is 5.73 Å². The fourth-order valence-corrected chi connectivity index (χ4v) is 3.10. The lowest BCUT2D eigenvalue weighted by Gasteiger charge is -2.44. The van der Waals surface area contributed by atoms with Crippen LogP contribution in [0.5, 0.6) is 5.75 Å². The van der Waals surface area contributed by atoms with E-state index in [0.717, 1.165) is 25.4 Å². The van der Waals surface area contributed by atoms with Crippen LogP contribution in [0.4, 0.5) is 0 Å². The van der Waals surface area contributed by atoms with Crippen molar-refractivity contribution in [1.29, 1.82) is 0 Å². The molecule has 1 heterocycles. The van der Waals surface area contributed by atoms with Gasteiger partial charge < -0.3 is 15.2 Å². The average molecular weight is 249 g/mol. The molecular formula is C15H23NO2. The SMILES string of the molecule is COc1cc(C)cc(C)c1C1(CC(C)N)COC1. The van der Waals surface area contributed by atoms with Crippen molar-refractivity contribution >= 4 is 0 Å². The zero-order valence-corrected chi connectivity index (χ0v) is 11.7. The molecular weight excluding hydrogens is 226 g/mol. The molecule has 3 heteroatoms. The first-order valence-electron chi connectivity index (χ1n) is 6.47. The van der Waals surface area contributed by atoms with Gasteiger partial charge in [0.1, 0.15) is 5.75 Å². The van der Waals surface area contributed by atoms with Crippen LogP contribution in [0, 0.1) is 13.8 Å². The van der Waals surface area contributed by atoms with Crippen LogP contribution < -0.4 is 10.5 Å². The van der Waals surface area contributed by atoms with Gasteiger partial charge in [-0.05, 0) is 44.4 Å². The third kappa shape index (κ3) is 2.25. The molecule has 1 saturated heterocycles. The van der Waals surface area contributed by atoms with Gasteiger partial charge in [-0.3, -0.25) is 0 Å². The predicted molar refractivity (Wildman–Crippen MR) is 73.2 cm³/mol. The van der Waals surface area contributed by atoms with Gasteiger partial charge >= 0.3 is 0 Å². The Kier molecular flexibility index (Phi) is 3.64. The second-order valence-electron chi connectivity index (χ2n) is 5.61. The maximum atomic E-state index is 6.00. The number of aryl methyl sites for hydroxylation is 2. The Hall–Kier alpha value is -1.06. The Morgan fingerprint density at radius 3 is 2.50 bits per heavy atom. The van der Waals surface area contributed by atoms with Crippen LogP contribution in [-0.2, 0) is 10.2 Å². The van der Waals surface area contributed by atoms with Crippen molar-refractivity contribution in [2.45, 2.75) is 38.6 Å². The van der Waals surface area contributed by atoms with E-state index >= 15 is 0 Å². The van der Waals surface area contributed by atoms with Crippen molar-refractivity contribution in [2.75, 3.05) is 20.3 Å². The van der Waals surface area contributed by atoms with E-state index < -0.39 is 0 Å². The average Bonchev–Trinajstić information content (AvgIpc) is 2.22. The molecule has 2 N–H and O–H groups in total. The van der Waals surface area contributed by atoms with Gasteiger partial charge in [0.25, 0.3) is 0 Å². The zero-order valence-electron chi connectivity index (χ0n) is 11.7. The van der Waals surface area contributed by atoms with Gasteiger partial charge in [0.2, 0.25) is 0 Å². The number of rotatable bonds is 4. The van der Waals surface area contributed by atoms with Gasteiger partial charge in [-0.2, -0.15) is 0 Å². The molecule has 1 aliphatic rings. The summed E-state index contributed by atoms with van der Waals surface area (Å²) in [5.41, 5.74) is 9.82. The molecule has 1 fully saturated rings. The van der Waals surface area contributed by atoms with Crippen LogP contribution in [-0.4, -0.2) is 26.4 Å². The molecule has 1 aromatic carbocycles. The molecule has 0 saturated carbocycles. The standard InChI is InChI=1S/C15H23NO2/c1-10-5-11(2)14(13(6-10)17-4)15(7-12(3)16)8-18-9-15/h5-6,12H,7-9,16H2,1-4H3. The lowest BCUT2D eigenvalue weighted by Crippen LogP contribution is -2.50. The zero-order chi connectivity index (χ0) is 13.3. The molecule has 1 unspecified atom stereocenters.